The normalized spacial score (nSPS) is 19.8. The minimum atomic E-state index is 0. The molecule has 0 atom stereocenters. The molecule has 0 aromatic rings. The highest BCUT2D eigenvalue weighted by Crippen LogP contribution is 2.28. The van der Waals surface area contributed by atoms with E-state index >= 15 is 0 Å². The largest absolute Gasteiger partial charge is 0.381 e. The lowest BCUT2D eigenvalue weighted by molar-refractivity contribution is 0.123. The van der Waals surface area contributed by atoms with Crippen molar-refractivity contribution in [3.8, 4) is 0 Å². The first kappa shape index (κ1) is 22.0. The molecule has 0 bridgehead atoms. The van der Waals surface area contributed by atoms with Crippen molar-refractivity contribution >= 4 is 29.9 Å². The average molecular weight is 452 g/mol. The molecular formula is C18H37IN4O. The minimum absolute atomic E-state index is 0. The summed E-state index contributed by atoms with van der Waals surface area (Å²) < 4.78 is 5.67. The Morgan fingerprint density at radius 1 is 1.17 bits per heavy atom. The fraction of sp³-hybridized carbons (Fsp3) is 0.944. The molecule has 2 rings (SSSR count). The van der Waals surface area contributed by atoms with Gasteiger partial charge in [-0.3, -0.25) is 4.99 Å². The molecule has 2 N–H and O–H groups in total. The van der Waals surface area contributed by atoms with Crippen LogP contribution in [0.5, 0.6) is 0 Å². The first-order chi connectivity index (χ1) is 11.3. The Balaban J connectivity index is 0.00000288. The molecule has 0 amide bonds. The standard InChI is InChI=1S/C18H36N4O.HI/c1-3-11-22-12-8-17(9-13-22)21-18(19-4-2)20-10-5-14-23-15-16-6-7-16;/h16-17H,3-15H2,1-2H3,(H2,19,20,21);1H. The summed E-state index contributed by atoms with van der Waals surface area (Å²) >= 11 is 0. The van der Waals surface area contributed by atoms with E-state index in [2.05, 4.69) is 29.4 Å². The van der Waals surface area contributed by atoms with Crippen molar-refractivity contribution in [3.63, 3.8) is 0 Å². The molecule has 1 saturated carbocycles. The number of hydrogen-bond acceptors (Lipinski definition) is 3. The molecule has 0 radical (unpaired) electrons. The summed E-state index contributed by atoms with van der Waals surface area (Å²) in [6.07, 6.45) is 7.43. The van der Waals surface area contributed by atoms with E-state index in [-0.39, 0.29) is 24.0 Å². The molecule has 142 valence electrons. The van der Waals surface area contributed by atoms with Gasteiger partial charge in [0.05, 0.1) is 0 Å². The van der Waals surface area contributed by atoms with Crippen LogP contribution in [0.15, 0.2) is 4.99 Å². The van der Waals surface area contributed by atoms with Gasteiger partial charge >= 0.3 is 0 Å². The van der Waals surface area contributed by atoms with Crippen molar-refractivity contribution in [2.45, 2.75) is 58.4 Å². The quantitative estimate of drug-likeness (QED) is 0.232. The van der Waals surface area contributed by atoms with Gasteiger partial charge in [-0.05, 0) is 57.9 Å². The number of nitrogens with one attached hydrogen (secondary N) is 2. The lowest BCUT2D eigenvalue weighted by Crippen LogP contribution is -2.48. The van der Waals surface area contributed by atoms with E-state index in [1.807, 2.05) is 0 Å². The van der Waals surface area contributed by atoms with Gasteiger partial charge in [0.2, 0.25) is 0 Å². The topological polar surface area (TPSA) is 48.9 Å². The summed E-state index contributed by atoms with van der Waals surface area (Å²) in [6.45, 7) is 11.6. The van der Waals surface area contributed by atoms with Gasteiger partial charge in [-0.2, -0.15) is 0 Å². The smallest absolute Gasteiger partial charge is 0.191 e. The number of guanidine groups is 1. The predicted molar refractivity (Wildman–Crippen MR) is 112 cm³/mol. The van der Waals surface area contributed by atoms with Crippen molar-refractivity contribution in [2.24, 2.45) is 10.9 Å². The van der Waals surface area contributed by atoms with E-state index in [0.29, 0.717) is 6.04 Å². The summed E-state index contributed by atoms with van der Waals surface area (Å²) in [5.41, 5.74) is 0. The van der Waals surface area contributed by atoms with Crippen LogP contribution in [0.1, 0.15) is 52.4 Å². The number of hydrogen-bond donors (Lipinski definition) is 2. The molecule has 6 heteroatoms. The summed E-state index contributed by atoms with van der Waals surface area (Å²) in [5.74, 6) is 1.83. The number of halogens is 1. The fourth-order valence-corrected chi connectivity index (χ4v) is 3.02. The second-order valence-corrected chi connectivity index (χ2v) is 6.89. The van der Waals surface area contributed by atoms with Crippen molar-refractivity contribution in [2.75, 3.05) is 45.9 Å². The molecule has 5 nitrogen and oxygen atoms in total. The molecule has 0 aromatic heterocycles. The van der Waals surface area contributed by atoms with Gasteiger partial charge in [-0.25, -0.2) is 0 Å². The van der Waals surface area contributed by atoms with Gasteiger partial charge in [0, 0.05) is 45.4 Å². The maximum absolute atomic E-state index is 5.67. The molecule has 1 saturated heterocycles. The van der Waals surface area contributed by atoms with Gasteiger partial charge in [0.1, 0.15) is 0 Å². The van der Waals surface area contributed by atoms with Gasteiger partial charge in [0.15, 0.2) is 5.96 Å². The van der Waals surface area contributed by atoms with Gasteiger partial charge in [0.25, 0.3) is 0 Å². The third-order valence-corrected chi connectivity index (χ3v) is 4.58. The van der Waals surface area contributed by atoms with Crippen LogP contribution in [0.4, 0.5) is 0 Å². The molecular weight excluding hydrogens is 415 g/mol. The number of ether oxygens (including phenoxy) is 1. The Kier molecular flexibility index (Phi) is 12.0. The lowest BCUT2D eigenvalue weighted by Gasteiger charge is -2.32. The molecule has 1 aliphatic heterocycles. The van der Waals surface area contributed by atoms with Gasteiger partial charge in [-0.15, -0.1) is 24.0 Å². The van der Waals surface area contributed by atoms with Crippen molar-refractivity contribution in [1.82, 2.24) is 15.5 Å². The number of likely N-dealkylation sites (tertiary alicyclic amines) is 1. The Morgan fingerprint density at radius 3 is 2.54 bits per heavy atom. The molecule has 1 aliphatic carbocycles. The molecule has 0 spiro atoms. The Bertz CT molecular complexity index is 342. The Labute approximate surface area is 165 Å². The van der Waals surface area contributed by atoms with Crippen LogP contribution in [0.3, 0.4) is 0 Å². The highest BCUT2D eigenvalue weighted by atomic mass is 127. The summed E-state index contributed by atoms with van der Waals surface area (Å²) in [4.78, 5) is 7.26. The summed E-state index contributed by atoms with van der Waals surface area (Å²) in [7, 11) is 0. The molecule has 24 heavy (non-hydrogen) atoms. The molecule has 0 unspecified atom stereocenters. The van der Waals surface area contributed by atoms with E-state index in [0.717, 1.165) is 44.6 Å². The highest BCUT2D eigenvalue weighted by molar-refractivity contribution is 14.0. The van der Waals surface area contributed by atoms with Crippen molar-refractivity contribution in [3.05, 3.63) is 0 Å². The van der Waals surface area contributed by atoms with Crippen LogP contribution in [0.25, 0.3) is 0 Å². The second kappa shape index (κ2) is 13.2. The molecule has 0 aromatic carbocycles. The van der Waals surface area contributed by atoms with E-state index in [1.54, 1.807) is 0 Å². The SMILES string of the molecule is CCCN1CCC(NC(=NCCCOCC2CC2)NCC)CC1.I. The molecule has 2 aliphatic rings. The van der Waals surface area contributed by atoms with Crippen LogP contribution in [0.2, 0.25) is 0 Å². The highest BCUT2D eigenvalue weighted by Gasteiger charge is 2.21. The minimum Gasteiger partial charge on any atom is -0.381 e. The average Bonchev–Trinajstić information content (AvgIpc) is 3.37. The summed E-state index contributed by atoms with van der Waals surface area (Å²) in [6, 6.07) is 0.562. The van der Waals surface area contributed by atoms with Crippen LogP contribution in [-0.4, -0.2) is 62.8 Å². The first-order valence-electron chi connectivity index (χ1n) is 9.66. The number of piperidine rings is 1. The zero-order chi connectivity index (χ0) is 16.3. The first-order valence-corrected chi connectivity index (χ1v) is 9.66. The Hall–Kier alpha value is -0.0800. The van der Waals surface area contributed by atoms with Crippen LogP contribution >= 0.6 is 24.0 Å². The third kappa shape index (κ3) is 9.42. The van der Waals surface area contributed by atoms with Crippen LogP contribution in [0, 0.1) is 5.92 Å². The van der Waals surface area contributed by atoms with Gasteiger partial charge < -0.3 is 20.3 Å². The maximum atomic E-state index is 5.67. The predicted octanol–water partition coefficient (Wildman–Crippen LogP) is 2.85. The van der Waals surface area contributed by atoms with Gasteiger partial charge in [-0.1, -0.05) is 6.92 Å². The zero-order valence-corrected chi connectivity index (χ0v) is 17.9. The van der Waals surface area contributed by atoms with Crippen molar-refractivity contribution in [1.29, 1.82) is 0 Å². The zero-order valence-electron chi connectivity index (χ0n) is 15.6. The number of aliphatic imine (C=N–C) groups is 1. The number of rotatable bonds is 10. The lowest BCUT2D eigenvalue weighted by atomic mass is 10.1. The van der Waals surface area contributed by atoms with E-state index in [4.69, 9.17) is 9.73 Å². The Morgan fingerprint density at radius 2 is 1.92 bits per heavy atom. The molecule has 1 heterocycles. The van der Waals surface area contributed by atoms with E-state index in [9.17, 15) is 0 Å². The van der Waals surface area contributed by atoms with E-state index < -0.39 is 0 Å². The maximum Gasteiger partial charge on any atom is 0.191 e. The number of nitrogens with zero attached hydrogens (tertiary/aromatic N) is 2. The molecule has 2 fully saturated rings. The van der Waals surface area contributed by atoms with Crippen molar-refractivity contribution < 1.29 is 4.74 Å². The second-order valence-electron chi connectivity index (χ2n) is 6.89. The van der Waals surface area contributed by atoms with Crippen LogP contribution in [-0.2, 0) is 4.74 Å². The van der Waals surface area contributed by atoms with Crippen LogP contribution < -0.4 is 10.6 Å². The fourth-order valence-electron chi connectivity index (χ4n) is 3.02. The van der Waals surface area contributed by atoms with E-state index in [1.165, 1.54) is 51.7 Å². The summed E-state index contributed by atoms with van der Waals surface area (Å²) in [5, 5.41) is 6.98. The monoisotopic (exact) mass is 452 g/mol. The third-order valence-electron chi connectivity index (χ3n) is 4.58.